The Bertz CT molecular complexity index is 1110. The number of amides is 2. The first-order valence-corrected chi connectivity index (χ1v) is 11.8. The fourth-order valence-electron chi connectivity index (χ4n) is 3.60. The topological polar surface area (TPSA) is 96.4 Å². The number of morpholine rings is 1. The number of hydrogen-bond donors (Lipinski definition) is 1. The third-order valence-electron chi connectivity index (χ3n) is 5.33. The van der Waals surface area contributed by atoms with Gasteiger partial charge in [0.1, 0.15) is 10.1 Å². The fraction of sp³-hybridized carbons (Fsp3) is 0.250. The van der Waals surface area contributed by atoms with E-state index in [4.69, 9.17) is 21.7 Å². The first kappa shape index (κ1) is 23.9. The van der Waals surface area contributed by atoms with E-state index in [1.807, 2.05) is 0 Å². The average molecular weight is 499 g/mol. The first-order valence-electron chi connectivity index (χ1n) is 10.6. The molecule has 1 unspecified atom stereocenters. The summed E-state index contributed by atoms with van der Waals surface area (Å²) >= 11 is 6.41. The van der Waals surface area contributed by atoms with E-state index in [1.54, 1.807) is 65.6 Å². The number of hydrogen-bond acceptors (Lipinski definition) is 7. The van der Waals surface area contributed by atoms with Crippen molar-refractivity contribution in [3.63, 3.8) is 0 Å². The van der Waals surface area contributed by atoms with Gasteiger partial charge in [-0.05, 0) is 29.3 Å². The Morgan fingerprint density at radius 2 is 1.79 bits per heavy atom. The van der Waals surface area contributed by atoms with Crippen LogP contribution in [0, 0.1) is 0 Å². The molecule has 4 rings (SSSR count). The van der Waals surface area contributed by atoms with Gasteiger partial charge in [0.25, 0.3) is 11.8 Å². The largest absolute Gasteiger partial charge is 0.484 e. The zero-order valence-electron chi connectivity index (χ0n) is 18.1. The minimum atomic E-state index is -1.20. The Morgan fingerprint density at radius 1 is 1.12 bits per heavy atom. The third-order valence-corrected chi connectivity index (χ3v) is 6.67. The van der Waals surface area contributed by atoms with E-state index in [0.717, 1.165) is 22.2 Å². The molecule has 2 aromatic rings. The van der Waals surface area contributed by atoms with Crippen LogP contribution in [0.3, 0.4) is 0 Å². The molecule has 0 spiro atoms. The molecule has 2 fully saturated rings. The van der Waals surface area contributed by atoms with Crippen molar-refractivity contribution >= 4 is 52.2 Å². The Hall–Kier alpha value is -3.21. The molecule has 2 saturated heterocycles. The van der Waals surface area contributed by atoms with Crippen LogP contribution < -0.4 is 4.74 Å². The van der Waals surface area contributed by atoms with Gasteiger partial charge in [0, 0.05) is 13.1 Å². The van der Waals surface area contributed by atoms with E-state index in [2.05, 4.69) is 0 Å². The van der Waals surface area contributed by atoms with Gasteiger partial charge in [-0.25, -0.2) is 4.79 Å². The highest BCUT2D eigenvalue weighted by atomic mass is 32.2. The summed E-state index contributed by atoms with van der Waals surface area (Å²) in [4.78, 5) is 40.4. The maximum atomic E-state index is 13.0. The van der Waals surface area contributed by atoms with Crippen molar-refractivity contribution in [2.24, 2.45) is 0 Å². The lowest BCUT2D eigenvalue weighted by atomic mass is 10.1. The number of carbonyl (C=O) groups excluding carboxylic acids is 2. The van der Waals surface area contributed by atoms with Crippen LogP contribution in [-0.2, 0) is 19.1 Å². The zero-order valence-corrected chi connectivity index (χ0v) is 19.7. The van der Waals surface area contributed by atoms with Crippen LogP contribution in [0.5, 0.6) is 5.75 Å². The van der Waals surface area contributed by atoms with E-state index in [0.29, 0.717) is 42.5 Å². The van der Waals surface area contributed by atoms with Crippen molar-refractivity contribution in [3.8, 4) is 5.75 Å². The number of benzene rings is 2. The Morgan fingerprint density at radius 3 is 2.44 bits per heavy atom. The smallest absolute Gasteiger partial charge is 0.331 e. The second-order valence-electron chi connectivity index (χ2n) is 7.55. The van der Waals surface area contributed by atoms with Gasteiger partial charge in [0.15, 0.2) is 12.6 Å². The molecule has 0 bridgehead atoms. The summed E-state index contributed by atoms with van der Waals surface area (Å²) in [6.07, 6.45) is 1.66. The Labute approximate surface area is 206 Å². The summed E-state index contributed by atoms with van der Waals surface area (Å²) in [5, 5.41) is 9.77. The van der Waals surface area contributed by atoms with E-state index in [9.17, 15) is 19.5 Å². The predicted octanol–water partition coefficient (Wildman–Crippen LogP) is 2.95. The molecule has 0 saturated carbocycles. The molecule has 1 atom stereocenters. The average Bonchev–Trinajstić information content (AvgIpc) is 3.12. The molecule has 2 aliphatic rings. The molecule has 2 amide bonds. The SMILES string of the molecule is O=C(O)C(c1ccccc1)N1C(=O)/C(=C\c2ccc(OCC(=O)N3CCOCC3)cc2)SC1=S. The minimum Gasteiger partial charge on any atom is -0.484 e. The molecule has 0 aromatic heterocycles. The maximum absolute atomic E-state index is 13.0. The summed E-state index contributed by atoms with van der Waals surface area (Å²) in [5.74, 6) is -1.18. The predicted molar refractivity (Wildman–Crippen MR) is 131 cm³/mol. The van der Waals surface area contributed by atoms with Gasteiger partial charge in [-0.3, -0.25) is 14.5 Å². The molecule has 2 heterocycles. The van der Waals surface area contributed by atoms with Gasteiger partial charge in [-0.1, -0.05) is 66.4 Å². The number of thioether (sulfide) groups is 1. The highest BCUT2D eigenvalue weighted by molar-refractivity contribution is 8.26. The van der Waals surface area contributed by atoms with E-state index in [-0.39, 0.29) is 16.8 Å². The molecule has 0 aliphatic carbocycles. The molecular formula is C24H22N2O6S2. The highest BCUT2D eigenvalue weighted by Gasteiger charge is 2.41. The summed E-state index contributed by atoms with van der Waals surface area (Å²) in [7, 11) is 0. The van der Waals surface area contributed by atoms with Crippen molar-refractivity contribution in [1.29, 1.82) is 0 Å². The van der Waals surface area contributed by atoms with Crippen LogP contribution in [0.25, 0.3) is 6.08 Å². The molecule has 2 aliphatic heterocycles. The number of rotatable bonds is 7. The second kappa shape index (κ2) is 10.8. The highest BCUT2D eigenvalue weighted by Crippen LogP contribution is 2.38. The molecule has 8 nitrogen and oxygen atoms in total. The quantitative estimate of drug-likeness (QED) is 0.460. The second-order valence-corrected chi connectivity index (χ2v) is 9.23. The third kappa shape index (κ3) is 5.46. The van der Waals surface area contributed by atoms with Crippen LogP contribution in [0.2, 0.25) is 0 Å². The number of aliphatic carboxylic acids is 1. The van der Waals surface area contributed by atoms with Gasteiger partial charge in [-0.2, -0.15) is 0 Å². The molecule has 0 radical (unpaired) electrons. The van der Waals surface area contributed by atoms with Gasteiger partial charge >= 0.3 is 5.97 Å². The van der Waals surface area contributed by atoms with Gasteiger partial charge in [0.05, 0.1) is 18.1 Å². The number of ether oxygens (including phenoxy) is 2. The fourth-order valence-corrected chi connectivity index (χ4v) is 4.91. The van der Waals surface area contributed by atoms with Crippen LogP contribution in [-0.4, -0.2) is 69.9 Å². The van der Waals surface area contributed by atoms with Crippen LogP contribution in [0.15, 0.2) is 59.5 Å². The maximum Gasteiger partial charge on any atom is 0.331 e. The summed E-state index contributed by atoms with van der Waals surface area (Å²) < 4.78 is 11.0. The molecule has 1 N–H and O–H groups in total. The Balaban J connectivity index is 1.42. The summed E-state index contributed by atoms with van der Waals surface area (Å²) in [5.41, 5.74) is 1.19. The van der Waals surface area contributed by atoms with E-state index < -0.39 is 17.9 Å². The van der Waals surface area contributed by atoms with Crippen LogP contribution in [0.1, 0.15) is 17.2 Å². The van der Waals surface area contributed by atoms with Crippen molar-refractivity contribution in [3.05, 3.63) is 70.6 Å². The summed E-state index contributed by atoms with van der Waals surface area (Å²) in [6.45, 7) is 2.13. The Kier molecular flexibility index (Phi) is 7.61. The molecular weight excluding hydrogens is 476 g/mol. The van der Waals surface area contributed by atoms with Crippen LogP contribution >= 0.6 is 24.0 Å². The van der Waals surface area contributed by atoms with Crippen molar-refractivity contribution in [2.75, 3.05) is 32.9 Å². The van der Waals surface area contributed by atoms with E-state index >= 15 is 0 Å². The molecule has 34 heavy (non-hydrogen) atoms. The molecule has 176 valence electrons. The van der Waals surface area contributed by atoms with Gasteiger partial charge < -0.3 is 19.5 Å². The van der Waals surface area contributed by atoms with Crippen molar-refractivity contribution in [1.82, 2.24) is 9.80 Å². The van der Waals surface area contributed by atoms with Gasteiger partial charge in [-0.15, -0.1) is 0 Å². The van der Waals surface area contributed by atoms with Crippen molar-refractivity contribution in [2.45, 2.75) is 6.04 Å². The minimum absolute atomic E-state index is 0.0614. The number of nitrogens with zero attached hydrogens (tertiary/aromatic N) is 2. The van der Waals surface area contributed by atoms with Crippen LogP contribution in [0.4, 0.5) is 0 Å². The lowest BCUT2D eigenvalue weighted by molar-refractivity contribution is -0.145. The van der Waals surface area contributed by atoms with E-state index in [1.165, 1.54) is 0 Å². The monoisotopic (exact) mass is 498 g/mol. The lowest BCUT2D eigenvalue weighted by Crippen LogP contribution is -2.42. The number of carboxylic acid groups (broad SMARTS) is 1. The first-order chi connectivity index (χ1) is 16.4. The zero-order chi connectivity index (χ0) is 24.1. The molecule has 2 aromatic carbocycles. The number of carboxylic acids is 1. The van der Waals surface area contributed by atoms with Gasteiger partial charge in [0.2, 0.25) is 0 Å². The summed E-state index contributed by atoms with van der Waals surface area (Å²) in [6, 6.07) is 14.3. The van der Waals surface area contributed by atoms with Crippen molar-refractivity contribution < 1.29 is 29.0 Å². The normalized spacial score (nSPS) is 18.3. The lowest BCUT2D eigenvalue weighted by Gasteiger charge is -2.26. The standard InChI is InChI=1S/C24H22N2O6S2/c27-20(25-10-12-31-13-11-25)15-32-18-8-6-16(7-9-18)14-19-22(28)26(24(33)34-19)21(23(29)30)17-4-2-1-3-5-17/h1-9,14,21H,10-13,15H2,(H,29,30)/b19-14+. The number of thiocarbonyl (C=S) groups is 1. The molecule has 10 heteroatoms. The number of carbonyl (C=O) groups is 3.